The van der Waals surface area contributed by atoms with Crippen molar-refractivity contribution in [2.45, 2.75) is 6.54 Å². The number of rotatable bonds is 4. The van der Waals surface area contributed by atoms with Gasteiger partial charge in [-0.3, -0.25) is 0 Å². The van der Waals surface area contributed by atoms with Gasteiger partial charge in [-0.2, -0.15) is 0 Å². The van der Waals surface area contributed by atoms with Gasteiger partial charge in [0.05, 0.1) is 12.1 Å². The summed E-state index contributed by atoms with van der Waals surface area (Å²) in [5.74, 6) is -0.815. The summed E-state index contributed by atoms with van der Waals surface area (Å²) in [4.78, 5) is 10.7. The van der Waals surface area contributed by atoms with Gasteiger partial charge in [0.2, 0.25) is 0 Å². The molecule has 0 radical (unpaired) electrons. The minimum Gasteiger partial charge on any atom is -0.478 e. The van der Waals surface area contributed by atoms with Crippen molar-refractivity contribution in [1.82, 2.24) is 0 Å². The number of nitrogens with one attached hydrogen (secondary N) is 1. The maximum absolute atomic E-state index is 12.9. The van der Waals surface area contributed by atoms with Gasteiger partial charge in [0.1, 0.15) is 17.8 Å². The fourth-order valence-corrected chi connectivity index (χ4v) is 2.07. The molecule has 0 bridgehead atoms. The van der Waals surface area contributed by atoms with Gasteiger partial charge in [-0.15, -0.1) is 0 Å². The van der Waals surface area contributed by atoms with Crippen LogP contribution in [0, 0.1) is 9.39 Å². The van der Waals surface area contributed by atoms with E-state index < -0.39 is 5.97 Å². The number of halogens is 2. The molecule has 0 unspecified atom stereocenters. The van der Waals surface area contributed by atoms with Crippen LogP contribution in [0.1, 0.15) is 16.1 Å². The summed E-state index contributed by atoms with van der Waals surface area (Å²) in [5.41, 5.74) is 0.880. The third-order valence-electron chi connectivity index (χ3n) is 2.28. The van der Waals surface area contributed by atoms with Gasteiger partial charge in [0.25, 0.3) is 0 Å². The number of anilines is 1. The Morgan fingerprint density at radius 3 is 2.83 bits per heavy atom. The largest absolute Gasteiger partial charge is 0.478 e. The highest BCUT2D eigenvalue weighted by Crippen LogP contribution is 2.20. The molecule has 0 aliphatic carbocycles. The molecule has 1 heterocycles. The van der Waals surface area contributed by atoms with Crippen LogP contribution in [0.3, 0.4) is 0 Å². The second-order valence-corrected chi connectivity index (χ2v) is 4.75. The molecule has 0 amide bonds. The first-order chi connectivity index (χ1) is 8.56. The molecule has 0 aliphatic heterocycles. The van der Waals surface area contributed by atoms with Crippen LogP contribution in [0.15, 0.2) is 34.9 Å². The Morgan fingerprint density at radius 1 is 1.44 bits per heavy atom. The lowest BCUT2D eigenvalue weighted by Crippen LogP contribution is -2.00. The summed E-state index contributed by atoms with van der Waals surface area (Å²) in [6, 6.07) is 5.84. The Morgan fingerprint density at radius 2 is 2.22 bits per heavy atom. The molecule has 0 saturated carbocycles. The molecule has 4 nitrogen and oxygen atoms in total. The molecule has 0 fully saturated rings. The number of carboxylic acids is 1. The number of furan rings is 1. The van der Waals surface area contributed by atoms with E-state index >= 15 is 0 Å². The molecule has 2 aromatic rings. The van der Waals surface area contributed by atoms with Gasteiger partial charge >= 0.3 is 5.97 Å². The van der Waals surface area contributed by atoms with Gasteiger partial charge in [0.15, 0.2) is 0 Å². The lowest BCUT2D eigenvalue weighted by molar-refractivity contribution is 0.0696. The molecule has 2 N–H and O–H groups in total. The van der Waals surface area contributed by atoms with E-state index in [-0.39, 0.29) is 11.4 Å². The van der Waals surface area contributed by atoms with Crippen molar-refractivity contribution in [1.29, 1.82) is 0 Å². The Bertz CT molecular complexity index is 582. The number of aromatic carboxylic acids is 1. The van der Waals surface area contributed by atoms with E-state index in [9.17, 15) is 9.18 Å². The zero-order valence-electron chi connectivity index (χ0n) is 9.11. The lowest BCUT2D eigenvalue weighted by atomic mass is 10.3. The smallest absolute Gasteiger partial charge is 0.338 e. The first-order valence-electron chi connectivity index (χ1n) is 5.06. The Kier molecular flexibility index (Phi) is 3.85. The molecule has 0 aliphatic rings. The molecule has 0 saturated heterocycles. The summed E-state index contributed by atoms with van der Waals surface area (Å²) in [5, 5.41) is 11.8. The zero-order chi connectivity index (χ0) is 13.1. The molecular weight excluding hydrogens is 352 g/mol. The molecule has 94 valence electrons. The van der Waals surface area contributed by atoms with E-state index in [4.69, 9.17) is 9.52 Å². The average Bonchev–Trinajstić information content (AvgIpc) is 2.76. The molecule has 0 spiro atoms. The average molecular weight is 361 g/mol. The second-order valence-electron chi connectivity index (χ2n) is 3.58. The van der Waals surface area contributed by atoms with Gasteiger partial charge < -0.3 is 14.8 Å². The Balaban J connectivity index is 2.04. The lowest BCUT2D eigenvalue weighted by Gasteiger charge is -2.06. The van der Waals surface area contributed by atoms with Crippen LogP contribution in [-0.4, -0.2) is 11.1 Å². The van der Waals surface area contributed by atoms with Crippen LogP contribution in [0.4, 0.5) is 10.1 Å². The highest BCUT2D eigenvalue weighted by molar-refractivity contribution is 14.1. The predicted octanol–water partition coefficient (Wildman–Crippen LogP) is 3.33. The van der Waals surface area contributed by atoms with Crippen LogP contribution in [0.5, 0.6) is 0 Å². The van der Waals surface area contributed by atoms with Crippen molar-refractivity contribution in [3.8, 4) is 0 Å². The Labute approximate surface area is 116 Å². The first kappa shape index (κ1) is 12.9. The molecule has 1 aromatic carbocycles. The van der Waals surface area contributed by atoms with E-state index in [0.29, 0.717) is 12.3 Å². The maximum atomic E-state index is 12.9. The van der Waals surface area contributed by atoms with Crippen molar-refractivity contribution in [3.63, 3.8) is 0 Å². The standard InChI is InChI=1S/C12H9FINO3/c13-8-1-2-11(10(14)4-8)15-5-9-3-7(6-18-9)12(16)17/h1-4,6,15H,5H2,(H,16,17). The zero-order valence-corrected chi connectivity index (χ0v) is 11.3. The van der Waals surface area contributed by atoms with Crippen molar-refractivity contribution in [3.05, 3.63) is 51.2 Å². The number of carboxylic acid groups (broad SMARTS) is 1. The number of benzene rings is 1. The highest BCUT2D eigenvalue weighted by atomic mass is 127. The van der Waals surface area contributed by atoms with E-state index in [1.54, 1.807) is 6.07 Å². The topological polar surface area (TPSA) is 62.5 Å². The SMILES string of the molecule is O=C(O)c1coc(CNc2ccc(F)cc2I)c1. The van der Waals surface area contributed by atoms with Gasteiger partial charge in [0, 0.05) is 9.26 Å². The third kappa shape index (κ3) is 3.00. The summed E-state index contributed by atoms with van der Waals surface area (Å²) < 4.78 is 18.7. The highest BCUT2D eigenvalue weighted by Gasteiger charge is 2.08. The molecule has 0 atom stereocenters. The summed E-state index contributed by atoms with van der Waals surface area (Å²) >= 11 is 2.02. The van der Waals surface area contributed by atoms with Crippen molar-refractivity contribution < 1.29 is 18.7 Å². The van der Waals surface area contributed by atoms with Crippen LogP contribution in [0.25, 0.3) is 0 Å². The van der Waals surface area contributed by atoms with E-state index in [2.05, 4.69) is 5.32 Å². The summed E-state index contributed by atoms with van der Waals surface area (Å²) in [7, 11) is 0. The minimum absolute atomic E-state index is 0.112. The second kappa shape index (κ2) is 5.38. The van der Waals surface area contributed by atoms with Crippen molar-refractivity contribution in [2.75, 3.05) is 5.32 Å². The third-order valence-corrected chi connectivity index (χ3v) is 3.18. The van der Waals surface area contributed by atoms with Crippen molar-refractivity contribution in [2.24, 2.45) is 0 Å². The first-order valence-corrected chi connectivity index (χ1v) is 6.14. The minimum atomic E-state index is -1.03. The van der Waals surface area contributed by atoms with Gasteiger partial charge in [-0.1, -0.05) is 0 Å². The number of hydrogen-bond acceptors (Lipinski definition) is 3. The fourth-order valence-electron chi connectivity index (χ4n) is 1.40. The van der Waals surface area contributed by atoms with Gasteiger partial charge in [-0.25, -0.2) is 9.18 Å². The van der Waals surface area contributed by atoms with E-state index in [1.807, 2.05) is 22.6 Å². The number of carbonyl (C=O) groups is 1. The number of hydrogen-bond donors (Lipinski definition) is 2. The van der Waals surface area contributed by atoms with Crippen LogP contribution >= 0.6 is 22.6 Å². The quantitative estimate of drug-likeness (QED) is 0.821. The van der Waals surface area contributed by atoms with Crippen molar-refractivity contribution >= 4 is 34.2 Å². The molecule has 18 heavy (non-hydrogen) atoms. The van der Waals surface area contributed by atoms with E-state index in [1.165, 1.54) is 24.5 Å². The summed E-state index contributed by atoms with van der Waals surface area (Å²) in [6.07, 6.45) is 1.19. The molecule has 2 rings (SSSR count). The fraction of sp³-hybridized carbons (Fsp3) is 0.0833. The maximum Gasteiger partial charge on any atom is 0.338 e. The molecule has 6 heteroatoms. The molecular formula is C12H9FINO3. The predicted molar refractivity (Wildman–Crippen MR) is 72.1 cm³/mol. The van der Waals surface area contributed by atoms with Crippen LogP contribution in [-0.2, 0) is 6.54 Å². The normalized spacial score (nSPS) is 10.3. The van der Waals surface area contributed by atoms with Crippen LogP contribution in [0.2, 0.25) is 0 Å². The summed E-state index contributed by atoms with van der Waals surface area (Å²) in [6.45, 7) is 0.342. The van der Waals surface area contributed by atoms with E-state index in [0.717, 1.165) is 9.26 Å². The van der Waals surface area contributed by atoms with Gasteiger partial charge in [-0.05, 0) is 46.9 Å². The monoisotopic (exact) mass is 361 g/mol. The van der Waals surface area contributed by atoms with Crippen LogP contribution < -0.4 is 5.32 Å². The Hall–Kier alpha value is -1.57. The molecule has 1 aromatic heterocycles.